The number of hydrogen-bond donors (Lipinski definition) is 1. The number of ether oxygens (including phenoxy) is 2. The third-order valence-electron chi connectivity index (χ3n) is 2.77. The molecule has 0 saturated heterocycles. The average molecular weight is 274 g/mol. The zero-order valence-corrected chi connectivity index (χ0v) is 11.1. The minimum Gasteiger partial charge on any atom is -0.497 e. The van der Waals surface area contributed by atoms with Crippen molar-refractivity contribution < 1.29 is 14.4 Å². The van der Waals surface area contributed by atoms with Crippen LogP contribution < -0.4 is 14.8 Å². The van der Waals surface area contributed by atoms with E-state index < -0.39 is 4.92 Å². The van der Waals surface area contributed by atoms with Crippen LogP contribution in [0.1, 0.15) is 0 Å². The number of rotatable bonds is 5. The summed E-state index contributed by atoms with van der Waals surface area (Å²) in [5, 5.41) is 14.1. The SMILES string of the molecule is COc1ccc(Nc2ccc(OC)cc2[N+](=O)[O-])cc1. The fraction of sp³-hybridized carbons (Fsp3) is 0.143. The first-order chi connectivity index (χ1) is 9.63. The molecule has 0 aromatic heterocycles. The van der Waals surface area contributed by atoms with Gasteiger partial charge in [0.25, 0.3) is 5.69 Å². The summed E-state index contributed by atoms with van der Waals surface area (Å²) >= 11 is 0. The van der Waals surface area contributed by atoms with Crippen molar-refractivity contribution in [1.29, 1.82) is 0 Å². The van der Waals surface area contributed by atoms with Gasteiger partial charge < -0.3 is 14.8 Å². The van der Waals surface area contributed by atoms with Crippen molar-refractivity contribution in [2.24, 2.45) is 0 Å². The lowest BCUT2D eigenvalue weighted by Gasteiger charge is -2.09. The highest BCUT2D eigenvalue weighted by molar-refractivity contribution is 5.71. The molecule has 2 aromatic carbocycles. The zero-order valence-electron chi connectivity index (χ0n) is 11.1. The minimum atomic E-state index is -0.450. The smallest absolute Gasteiger partial charge is 0.296 e. The van der Waals surface area contributed by atoms with Crippen LogP contribution in [-0.2, 0) is 0 Å². The summed E-state index contributed by atoms with van der Waals surface area (Å²) in [5.74, 6) is 1.16. The van der Waals surface area contributed by atoms with Crippen molar-refractivity contribution in [3.63, 3.8) is 0 Å². The molecule has 0 spiro atoms. The number of nitrogens with one attached hydrogen (secondary N) is 1. The van der Waals surface area contributed by atoms with E-state index in [-0.39, 0.29) is 5.69 Å². The Labute approximate surface area is 116 Å². The van der Waals surface area contributed by atoms with E-state index in [9.17, 15) is 10.1 Å². The Hall–Kier alpha value is -2.76. The molecule has 0 bridgehead atoms. The number of nitrogens with zero attached hydrogens (tertiary/aromatic N) is 1. The monoisotopic (exact) mass is 274 g/mol. The Kier molecular flexibility index (Phi) is 4.05. The summed E-state index contributed by atoms with van der Waals surface area (Å²) in [5.41, 5.74) is 1.10. The lowest BCUT2D eigenvalue weighted by Crippen LogP contribution is -1.98. The second-order valence-electron chi connectivity index (χ2n) is 3.99. The van der Waals surface area contributed by atoms with Crippen LogP contribution in [0.4, 0.5) is 17.1 Å². The van der Waals surface area contributed by atoms with Crippen molar-refractivity contribution in [3.8, 4) is 11.5 Å². The normalized spacial score (nSPS) is 9.90. The maximum Gasteiger partial charge on any atom is 0.296 e. The van der Waals surface area contributed by atoms with Gasteiger partial charge >= 0.3 is 0 Å². The minimum absolute atomic E-state index is 0.0415. The predicted molar refractivity (Wildman–Crippen MR) is 75.9 cm³/mol. The van der Waals surface area contributed by atoms with Crippen LogP contribution in [0.25, 0.3) is 0 Å². The van der Waals surface area contributed by atoms with Gasteiger partial charge in [-0.3, -0.25) is 10.1 Å². The molecule has 0 radical (unpaired) electrons. The largest absolute Gasteiger partial charge is 0.497 e. The van der Waals surface area contributed by atoms with E-state index in [1.165, 1.54) is 13.2 Å². The van der Waals surface area contributed by atoms with E-state index >= 15 is 0 Å². The summed E-state index contributed by atoms with van der Waals surface area (Å²) in [6.07, 6.45) is 0. The van der Waals surface area contributed by atoms with Gasteiger partial charge in [0.1, 0.15) is 17.2 Å². The molecule has 0 atom stereocenters. The molecule has 0 amide bonds. The van der Waals surface area contributed by atoms with Gasteiger partial charge in [-0.05, 0) is 36.4 Å². The lowest BCUT2D eigenvalue weighted by atomic mass is 10.2. The van der Waals surface area contributed by atoms with Crippen LogP contribution in [-0.4, -0.2) is 19.1 Å². The molecule has 0 heterocycles. The first-order valence-electron chi connectivity index (χ1n) is 5.87. The number of methoxy groups -OCH3 is 2. The number of anilines is 2. The van der Waals surface area contributed by atoms with Crippen LogP contribution in [0.5, 0.6) is 11.5 Å². The van der Waals surface area contributed by atoms with Crippen molar-refractivity contribution in [3.05, 3.63) is 52.6 Å². The van der Waals surface area contributed by atoms with Crippen LogP contribution >= 0.6 is 0 Å². The molecular weight excluding hydrogens is 260 g/mol. The quantitative estimate of drug-likeness (QED) is 0.668. The molecule has 6 heteroatoms. The number of nitro benzene ring substituents is 1. The molecule has 6 nitrogen and oxygen atoms in total. The summed E-state index contributed by atoms with van der Waals surface area (Å²) in [6, 6.07) is 11.8. The third kappa shape index (κ3) is 2.97. The van der Waals surface area contributed by atoms with E-state index in [0.29, 0.717) is 11.4 Å². The van der Waals surface area contributed by atoms with Crippen molar-refractivity contribution in [2.75, 3.05) is 19.5 Å². The van der Waals surface area contributed by atoms with E-state index in [1.54, 1.807) is 43.5 Å². The number of benzene rings is 2. The van der Waals surface area contributed by atoms with Crippen LogP contribution in [0.3, 0.4) is 0 Å². The fourth-order valence-corrected chi connectivity index (χ4v) is 1.73. The Bertz CT molecular complexity index is 611. The Balaban J connectivity index is 2.29. The molecule has 0 unspecified atom stereocenters. The van der Waals surface area contributed by atoms with Crippen molar-refractivity contribution in [2.45, 2.75) is 0 Å². The van der Waals surface area contributed by atoms with Crippen LogP contribution in [0.2, 0.25) is 0 Å². The summed E-state index contributed by atoms with van der Waals surface area (Å²) < 4.78 is 10.1. The van der Waals surface area contributed by atoms with Gasteiger partial charge in [0.15, 0.2) is 0 Å². The fourth-order valence-electron chi connectivity index (χ4n) is 1.73. The number of nitro groups is 1. The topological polar surface area (TPSA) is 73.6 Å². The van der Waals surface area contributed by atoms with E-state index in [2.05, 4.69) is 5.32 Å². The molecule has 0 aliphatic carbocycles. The average Bonchev–Trinajstić information content (AvgIpc) is 2.48. The van der Waals surface area contributed by atoms with Gasteiger partial charge in [-0.1, -0.05) is 0 Å². The van der Waals surface area contributed by atoms with Gasteiger partial charge in [-0.25, -0.2) is 0 Å². The van der Waals surface area contributed by atoms with Gasteiger partial charge in [0.2, 0.25) is 0 Å². The maximum absolute atomic E-state index is 11.1. The molecule has 0 fully saturated rings. The second kappa shape index (κ2) is 5.92. The van der Waals surface area contributed by atoms with Crippen molar-refractivity contribution >= 4 is 17.1 Å². The highest BCUT2D eigenvalue weighted by atomic mass is 16.6. The van der Waals surface area contributed by atoms with E-state index in [4.69, 9.17) is 9.47 Å². The predicted octanol–water partition coefficient (Wildman–Crippen LogP) is 3.36. The van der Waals surface area contributed by atoms with Crippen molar-refractivity contribution in [1.82, 2.24) is 0 Å². The summed E-state index contributed by atoms with van der Waals surface area (Å²) in [7, 11) is 3.05. The molecule has 2 rings (SSSR count). The highest BCUT2D eigenvalue weighted by Gasteiger charge is 2.15. The van der Waals surface area contributed by atoms with Gasteiger partial charge in [-0.15, -0.1) is 0 Å². The molecule has 2 aromatic rings. The third-order valence-corrected chi connectivity index (χ3v) is 2.77. The maximum atomic E-state index is 11.1. The molecule has 20 heavy (non-hydrogen) atoms. The summed E-state index contributed by atoms with van der Waals surface area (Å²) in [4.78, 5) is 10.6. The second-order valence-corrected chi connectivity index (χ2v) is 3.99. The molecule has 0 aliphatic heterocycles. The van der Waals surface area contributed by atoms with Gasteiger partial charge in [0, 0.05) is 5.69 Å². The molecule has 0 saturated carbocycles. The standard InChI is InChI=1S/C14H14N2O4/c1-19-11-5-3-10(4-6-11)15-13-8-7-12(20-2)9-14(13)16(17)18/h3-9,15H,1-2H3. The number of hydrogen-bond acceptors (Lipinski definition) is 5. The summed E-state index contributed by atoms with van der Waals surface area (Å²) in [6.45, 7) is 0. The van der Waals surface area contributed by atoms with Gasteiger partial charge in [-0.2, -0.15) is 0 Å². The molecule has 1 N–H and O–H groups in total. The van der Waals surface area contributed by atoms with Crippen LogP contribution in [0.15, 0.2) is 42.5 Å². The van der Waals surface area contributed by atoms with Gasteiger partial charge in [0.05, 0.1) is 25.2 Å². The first-order valence-corrected chi connectivity index (χ1v) is 5.87. The Morgan fingerprint density at radius 3 is 2.15 bits per heavy atom. The molecule has 104 valence electrons. The molecular formula is C14H14N2O4. The van der Waals surface area contributed by atoms with E-state index in [1.807, 2.05) is 0 Å². The zero-order chi connectivity index (χ0) is 14.5. The Morgan fingerprint density at radius 2 is 1.60 bits per heavy atom. The Morgan fingerprint density at radius 1 is 1.00 bits per heavy atom. The highest BCUT2D eigenvalue weighted by Crippen LogP contribution is 2.31. The first kappa shape index (κ1) is 13.7. The van der Waals surface area contributed by atoms with E-state index in [0.717, 1.165) is 11.4 Å². The van der Waals surface area contributed by atoms with Crippen LogP contribution in [0, 0.1) is 10.1 Å². The molecule has 0 aliphatic rings. The lowest BCUT2D eigenvalue weighted by molar-refractivity contribution is -0.384.